The molecule has 1 atom stereocenters. The number of carbonyl (C=O) groups is 1. The number of nitrogens with zero attached hydrogens (tertiary/aromatic N) is 1. The van der Waals surface area contributed by atoms with Gasteiger partial charge in [-0.3, -0.25) is 4.79 Å². The van der Waals surface area contributed by atoms with Crippen molar-refractivity contribution >= 4 is 11.6 Å². The van der Waals surface area contributed by atoms with E-state index in [4.69, 9.17) is 4.74 Å². The second-order valence-electron chi connectivity index (χ2n) is 8.34. The summed E-state index contributed by atoms with van der Waals surface area (Å²) in [7, 11) is 0. The molecule has 148 valence electrons. The number of ether oxygens (including phenoxy) is 1. The highest BCUT2D eigenvalue weighted by atomic mass is 16.5. The predicted octanol–water partition coefficient (Wildman–Crippen LogP) is 4.03. The number of hydrogen-bond donors (Lipinski definition) is 2. The fourth-order valence-corrected chi connectivity index (χ4v) is 3.80. The lowest BCUT2D eigenvalue weighted by molar-refractivity contribution is -0.135. The summed E-state index contributed by atoms with van der Waals surface area (Å²) in [4.78, 5) is 14.7. The average molecular weight is 380 g/mol. The standard InChI is InChI=1S/C23H28N2O3/c1-16(24-22(27)23(2)12-3-13-23)17-4-6-18(7-5-17)25-14-21(15-25)28-20-10-8-19(26)9-11-20/h4-11,16,21,26H,3,12-15H2,1-2H3,(H,24,27)/t16-/m0/s1. The summed E-state index contributed by atoms with van der Waals surface area (Å²) < 4.78 is 5.91. The van der Waals surface area contributed by atoms with Crippen molar-refractivity contribution in [3.8, 4) is 11.5 Å². The number of rotatable bonds is 6. The lowest BCUT2D eigenvalue weighted by Gasteiger charge is -2.40. The third-order valence-corrected chi connectivity index (χ3v) is 6.10. The van der Waals surface area contributed by atoms with E-state index in [0.717, 1.165) is 43.7 Å². The van der Waals surface area contributed by atoms with Gasteiger partial charge in [-0.05, 0) is 61.7 Å². The number of carbonyl (C=O) groups excluding carboxylic acids is 1. The molecule has 5 heteroatoms. The van der Waals surface area contributed by atoms with E-state index < -0.39 is 0 Å². The second kappa shape index (κ2) is 7.38. The molecule has 0 aromatic heterocycles. The van der Waals surface area contributed by atoms with E-state index in [9.17, 15) is 9.90 Å². The van der Waals surface area contributed by atoms with Gasteiger partial charge in [0.1, 0.15) is 17.6 Å². The van der Waals surface area contributed by atoms with Crippen molar-refractivity contribution in [3.63, 3.8) is 0 Å². The van der Waals surface area contributed by atoms with Crippen molar-refractivity contribution in [1.29, 1.82) is 0 Å². The van der Waals surface area contributed by atoms with Gasteiger partial charge >= 0.3 is 0 Å². The monoisotopic (exact) mass is 380 g/mol. The number of phenols is 1. The molecule has 2 aromatic carbocycles. The van der Waals surface area contributed by atoms with Crippen molar-refractivity contribution in [1.82, 2.24) is 5.32 Å². The molecule has 2 aromatic rings. The van der Waals surface area contributed by atoms with Gasteiger partial charge in [0.15, 0.2) is 0 Å². The molecule has 1 aliphatic carbocycles. The third-order valence-electron chi connectivity index (χ3n) is 6.10. The zero-order valence-electron chi connectivity index (χ0n) is 16.5. The maximum Gasteiger partial charge on any atom is 0.226 e. The zero-order chi connectivity index (χ0) is 19.7. The zero-order valence-corrected chi connectivity index (χ0v) is 16.5. The Bertz CT molecular complexity index is 822. The quantitative estimate of drug-likeness (QED) is 0.794. The van der Waals surface area contributed by atoms with Crippen LogP contribution in [-0.2, 0) is 4.79 Å². The molecule has 4 rings (SSSR count). The SMILES string of the molecule is C[C@H](NC(=O)C1(C)CCC1)c1ccc(N2CC(Oc3ccc(O)cc3)C2)cc1. The van der Waals surface area contributed by atoms with Gasteiger partial charge in [-0.1, -0.05) is 25.5 Å². The van der Waals surface area contributed by atoms with Crippen LogP contribution in [-0.4, -0.2) is 30.2 Å². The first-order chi connectivity index (χ1) is 13.4. The van der Waals surface area contributed by atoms with Gasteiger partial charge in [-0.25, -0.2) is 0 Å². The third kappa shape index (κ3) is 3.79. The fourth-order valence-electron chi connectivity index (χ4n) is 3.80. The molecule has 28 heavy (non-hydrogen) atoms. The molecule has 2 N–H and O–H groups in total. The van der Waals surface area contributed by atoms with Crippen LogP contribution in [0.4, 0.5) is 5.69 Å². The Hall–Kier alpha value is -2.69. The number of aromatic hydroxyl groups is 1. The molecule has 0 spiro atoms. The van der Waals surface area contributed by atoms with Crippen LogP contribution in [0.5, 0.6) is 11.5 Å². The molecule has 0 radical (unpaired) electrons. The maximum absolute atomic E-state index is 12.4. The largest absolute Gasteiger partial charge is 0.508 e. The summed E-state index contributed by atoms with van der Waals surface area (Å²) >= 11 is 0. The molecule has 1 aliphatic heterocycles. The van der Waals surface area contributed by atoms with Gasteiger partial charge in [0.2, 0.25) is 5.91 Å². The van der Waals surface area contributed by atoms with E-state index in [-0.39, 0.29) is 29.2 Å². The van der Waals surface area contributed by atoms with Gasteiger partial charge in [0.25, 0.3) is 0 Å². The van der Waals surface area contributed by atoms with Crippen LogP contribution in [0.15, 0.2) is 48.5 Å². The Morgan fingerprint density at radius 1 is 1.14 bits per heavy atom. The Morgan fingerprint density at radius 2 is 1.79 bits per heavy atom. The van der Waals surface area contributed by atoms with E-state index in [0.29, 0.717) is 0 Å². The number of benzene rings is 2. The normalized spacial score (nSPS) is 19.3. The van der Waals surface area contributed by atoms with Gasteiger partial charge in [-0.2, -0.15) is 0 Å². The molecular weight excluding hydrogens is 352 g/mol. The molecule has 0 bridgehead atoms. The van der Waals surface area contributed by atoms with E-state index in [2.05, 4.69) is 41.4 Å². The highest BCUT2D eigenvalue weighted by Crippen LogP contribution is 2.40. The Morgan fingerprint density at radius 3 is 2.36 bits per heavy atom. The van der Waals surface area contributed by atoms with E-state index in [1.165, 1.54) is 5.69 Å². The summed E-state index contributed by atoms with van der Waals surface area (Å²) in [5.41, 5.74) is 2.12. The highest BCUT2D eigenvalue weighted by Gasteiger charge is 2.39. The van der Waals surface area contributed by atoms with Crippen LogP contribution >= 0.6 is 0 Å². The summed E-state index contributed by atoms with van der Waals surface area (Å²) in [6.45, 7) is 5.78. The molecule has 5 nitrogen and oxygen atoms in total. The number of hydrogen-bond acceptors (Lipinski definition) is 4. The molecule has 1 heterocycles. The lowest BCUT2D eigenvalue weighted by Crippen LogP contribution is -2.54. The highest BCUT2D eigenvalue weighted by molar-refractivity contribution is 5.83. The molecule has 1 saturated carbocycles. The fraction of sp³-hybridized carbons (Fsp3) is 0.435. The first kappa shape index (κ1) is 18.7. The van der Waals surface area contributed by atoms with Crippen molar-refractivity contribution in [2.24, 2.45) is 5.41 Å². The van der Waals surface area contributed by atoms with Gasteiger partial charge < -0.3 is 20.1 Å². The number of anilines is 1. The van der Waals surface area contributed by atoms with Crippen LogP contribution in [0.1, 0.15) is 44.7 Å². The molecule has 1 amide bonds. The van der Waals surface area contributed by atoms with Gasteiger partial charge in [0, 0.05) is 11.1 Å². The van der Waals surface area contributed by atoms with Crippen LogP contribution < -0.4 is 15.0 Å². The Labute approximate surface area is 166 Å². The molecule has 2 fully saturated rings. The van der Waals surface area contributed by atoms with Gasteiger partial charge in [-0.15, -0.1) is 0 Å². The number of phenolic OH excluding ortho intramolecular Hbond substituents is 1. The topological polar surface area (TPSA) is 61.8 Å². The predicted molar refractivity (Wildman–Crippen MR) is 110 cm³/mol. The average Bonchev–Trinajstić information content (AvgIpc) is 2.64. The van der Waals surface area contributed by atoms with Crippen LogP contribution in [0, 0.1) is 5.41 Å². The van der Waals surface area contributed by atoms with Crippen LogP contribution in [0.25, 0.3) is 0 Å². The van der Waals surface area contributed by atoms with E-state index >= 15 is 0 Å². The molecule has 0 unspecified atom stereocenters. The molecule has 1 saturated heterocycles. The maximum atomic E-state index is 12.4. The second-order valence-corrected chi connectivity index (χ2v) is 8.34. The van der Waals surface area contributed by atoms with Crippen LogP contribution in [0.3, 0.4) is 0 Å². The first-order valence-corrected chi connectivity index (χ1v) is 10.0. The minimum absolute atomic E-state index is 0.0148. The van der Waals surface area contributed by atoms with Crippen LogP contribution in [0.2, 0.25) is 0 Å². The van der Waals surface area contributed by atoms with Crippen molar-refractivity contribution in [2.75, 3.05) is 18.0 Å². The summed E-state index contributed by atoms with van der Waals surface area (Å²) in [5.74, 6) is 1.20. The van der Waals surface area contributed by atoms with Gasteiger partial charge in [0.05, 0.1) is 19.1 Å². The van der Waals surface area contributed by atoms with Crippen molar-refractivity contribution < 1.29 is 14.6 Å². The minimum Gasteiger partial charge on any atom is -0.508 e. The number of nitrogens with one attached hydrogen (secondary N) is 1. The Kier molecular flexibility index (Phi) is 4.92. The minimum atomic E-state index is -0.168. The van der Waals surface area contributed by atoms with Crippen molar-refractivity contribution in [3.05, 3.63) is 54.1 Å². The molecule has 2 aliphatic rings. The lowest BCUT2D eigenvalue weighted by atomic mass is 9.69. The van der Waals surface area contributed by atoms with E-state index in [1.54, 1.807) is 24.3 Å². The summed E-state index contributed by atoms with van der Waals surface area (Å²) in [6.07, 6.45) is 3.30. The Balaban J connectivity index is 1.28. The molecular formula is C23H28N2O3. The summed E-state index contributed by atoms with van der Waals surface area (Å²) in [5, 5.41) is 12.5. The summed E-state index contributed by atoms with van der Waals surface area (Å²) in [6, 6.07) is 15.3. The van der Waals surface area contributed by atoms with Crippen molar-refractivity contribution in [2.45, 2.75) is 45.3 Å². The van der Waals surface area contributed by atoms with E-state index in [1.807, 2.05) is 6.92 Å². The first-order valence-electron chi connectivity index (χ1n) is 10.0. The number of amides is 1. The smallest absolute Gasteiger partial charge is 0.226 e.